The predicted octanol–water partition coefficient (Wildman–Crippen LogP) is 3.53. The maximum absolute atomic E-state index is 11.1. The molecular weight excluding hydrogens is 338 g/mol. The molecule has 0 unspecified atom stereocenters. The van der Waals surface area contributed by atoms with E-state index in [0.29, 0.717) is 11.8 Å². The Kier molecular flexibility index (Phi) is 5.15. The molecule has 27 heavy (non-hydrogen) atoms. The summed E-state index contributed by atoms with van der Waals surface area (Å²) in [5.74, 6) is 2.39. The maximum atomic E-state index is 11.1. The maximum Gasteiger partial charge on any atom is 0.159 e. The standard InChI is InChI=1S/C22H29N3O2/c1-16-14-25(11-10-22(16,26)19-4-3-5-19)15-17-12-23-21(24-13-17)18-6-8-20(27-2)9-7-18/h6-9,12-13,16,19,26H,3-5,10-11,14-15H2,1-2H3/t16-,22+/m1/s1. The Bertz CT molecular complexity index is 758. The lowest BCUT2D eigenvalue weighted by Crippen LogP contribution is -2.56. The summed E-state index contributed by atoms with van der Waals surface area (Å²) in [5.41, 5.74) is 1.65. The number of aromatic nitrogens is 2. The highest BCUT2D eigenvalue weighted by Crippen LogP contribution is 2.44. The number of rotatable bonds is 5. The molecule has 1 saturated heterocycles. The van der Waals surface area contributed by atoms with Gasteiger partial charge in [-0.1, -0.05) is 13.3 Å². The molecule has 5 nitrogen and oxygen atoms in total. The molecule has 144 valence electrons. The first-order valence-electron chi connectivity index (χ1n) is 9.98. The van der Waals surface area contributed by atoms with Crippen LogP contribution in [0.5, 0.6) is 5.75 Å². The van der Waals surface area contributed by atoms with E-state index in [1.807, 2.05) is 36.7 Å². The molecule has 0 amide bonds. The minimum absolute atomic E-state index is 0.316. The Labute approximate surface area is 161 Å². The van der Waals surface area contributed by atoms with Gasteiger partial charge in [-0.15, -0.1) is 0 Å². The second kappa shape index (κ2) is 7.56. The normalized spacial score (nSPS) is 26.6. The van der Waals surface area contributed by atoms with Crippen molar-refractivity contribution in [3.8, 4) is 17.1 Å². The van der Waals surface area contributed by atoms with Crippen LogP contribution in [0.3, 0.4) is 0 Å². The monoisotopic (exact) mass is 367 g/mol. The van der Waals surface area contributed by atoms with Crippen LogP contribution in [0.25, 0.3) is 11.4 Å². The zero-order valence-electron chi connectivity index (χ0n) is 16.3. The third-order valence-corrected chi connectivity index (χ3v) is 6.49. The van der Waals surface area contributed by atoms with Crippen molar-refractivity contribution in [1.82, 2.24) is 14.9 Å². The molecule has 1 aromatic heterocycles. The van der Waals surface area contributed by atoms with E-state index in [1.165, 1.54) is 19.3 Å². The fraction of sp³-hybridized carbons (Fsp3) is 0.545. The van der Waals surface area contributed by atoms with Crippen LogP contribution in [0.4, 0.5) is 0 Å². The first-order valence-corrected chi connectivity index (χ1v) is 9.98. The van der Waals surface area contributed by atoms with E-state index in [-0.39, 0.29) is 0 Å². The van der Waals surface area contributed by atoms with Crippen LogP contribution in [-0.2, 0) is 6.54 Å². The van der Waals surface area contributed by atoms with Gasteiger partial charge in [-0.05, 0) is 55.4 Å². The van der Waals surface area contributed by atoms with Crippen molar-refractivity contribution in [3.05, 3.63) is 42.2 Å². The summed E-state index contributed by atoms with van der Waals surface area (Å²) < 4.78 is 5.19. The minimum Gasteiger partial charge on any atom is -0.497 e. The number of methoxy groups -OCH3 is 1. The SMILES string of the molecule is COc1ccc(-c2ncc(CN3CC[C@@](O)(C4CCC4)[C@H](C)C3)cn2)cc1. The predicted molar refractivity (Wildman–Crippen MR) is 105 cm³/mol. The fourth-order valence-corrected chi connectivity index (χ4v) is 4.46. The molecule has 2 fully saturated rings. The second-order valence-corrected chi connectivity index (χ2v) is 8.15. The Morgan fingerprint density at radius 1 is 1.19 bits per heavy atom. The van der Waals surface area contributed by atoms with Crippen molar-refractivity contribution >= 4 is 0 Å². The van der Waals surface area contributed by atoms with Crippen LogP contribution in [-0.4, -0.2) is 45.8 Å². The molecule has 1 aromatic carbocycles. The molecule has 4 rings (SSSR count). The smallest absolute Gasteiger partial charge is 0.159 e. The van der Waals surface area contributed by atoms with Crippen LogP contribution >= 0.6 is 0 Å². The molecule has 0 spiro atoms. The van der Waals surface area contributed by atoms with Crippen LogP contribution < -0.4 is 4.74 Å². The van der Waals surface area contributed by atoms with Gasteiger partial charge in [-0.3, -0.25) is 4.90 Å². The molecule has 0 radical (unpaired) electrons. The van der Waals surface area contributed by atoms with E-state index in [9.17, 15) is 5.11 Å². The second-order valence-electron chi connectivity index (χ2n) is 8.15. The van der Waals surface area contributed by atoms with Gasteiger partial charge in [0, 0.05) is 43.2 Å². The summed E-state index contributed by atoms with van der Waals surface area (Å²) in [4.78, 5) is 11.5. The number of nitrogens with zero attached hydrogens (tertiary/aromatic N) is 3. The van der Waals surface area contributed by atoms with Gasteiger partial charge in [-0.2, -0.15) is 0 Å². The van der Waals surface area contributed by atoms with Gasteiger partial charge >= 0.3 is 0 Å². The largest absolute Gasteiger partial charge is 0.497 e. The lowest BCUT2D eigenvalue weighted by molar-refractivity contribution is -0.128. The number of ether oxygens (including phenoxy) is 1. The lowest BCUT2D eigenvalue weighted by Gasteiger charge is -2.50. The average Bonchev–Trinajstić information content (AvgIpc) is 2.64. The average molecular weight is 367 g/mol. The highest BCUT2D eigenvalue weighted by molar-refractivity contribution is 5.55. The van der Waals surface area contributed by atoms with Crippen molar-refractivity contribution in [2.45, 2.75) is 44.8 Å². The van der Waals surface area contributed by atoms with E-state index < -0.39 is 5.60 Å². The van der Waals surface area contributed by atoms with Crippen molar-refractivity contribution in [2.24, 2.45) is 11.8 Å². The molecule has 2 heterocycles. The summed E-state index contributed by atoms with van der Waals surface area (Å²) in [6.07, 6.45) is 8.39. The zero-order chi connectivity index (χ0) is 18.9. The third kappa shape index (κ3) is 3.71. The Morgan fingerprint density at radius 2 is 1.89 bits per heavy atom. The van der Waals surface area contributed by atoms with Gasteiger partial charge in [0.1, 0.15) is 5.75 Å². The van der Waals surface area contributed by atoms with Crippen molar-refractivity contribution in [3.63, 3.8) is 0 Å². The van der Waals surface area contributed by atoms with Crippen LogP contribution in [0.2, 0.25) is 0 Å². The third-order valence-electron chi connectivity index (χ3n) is 6.49. The lowest BCUT2D eigenvalue weighted by atomic mass is 9.65. The number of benzene rings is 1. The molecule has 1 aliphatic carbocycles. The number of likely N-dealkylation sites (tertiary alicyclic amines) is 1. The number of hydrogen-bond donors (Lipinski definition) is 1. The van der Waals surface area contributed by atoms with Crippen molar-refractivity contribution in [2.75, 3.05) is 20.2 Å². The minimum atomic E-state index is -0.455. The van der Waals surface area contributed by atoms with Gasteiger partial charge < -0.3 is 9.84 Å². The topological polar surface area (TPSA) is 58.5 Å². The summed E-state index contributed by atoms with van der Waals surface area (Å²) >= 11 is 0. The first-order chi connectivity index (χ1) is 13.1. The Balaban J connectivity index is 1.37. The zero-order valence-corrected chi connectivity index (χ0v) is 16.3. The molecule has 0 bridgehead atoms. The number of hydrogen-bond acceptors (Lipinski definition) is 5. The van der Waals surface area contributed by atoms with Gasteiger partial charge in [0.05, 0.1) is 12.7 Å². The molecular formula is C22H29N3O2. The van der Waals surface area contributed by atoms with E-state index >= 15 is 0 Å². The van der Waals surface area contributed by atoms with Crippen LogP contribution in [0.15, 0.2) is 36.7 Å². The Morgan fingerprint density at radius 3 is 2.44 bits per heavy atom. The fourth-order valence-electron chi connectivity index (χ4n) is 4.46. The van der Waals surface area contributed by atoms with E-state index in [0.717, 1.165) is 48.8 Å². The van der Waals surface area contributed by atoms with Crippen LogP contribution in [0, 0.1) is 11.8 Å². The Hall–Kier alpha value is -1.98. The molecule has 2 aliphatic rings. The van der Waals surface area contributed by atoms with Gasteiger partial charge in [0.15, 0.2) is 5.82 Å². The summed E-state index contributed by atoms with van der Waals surface area (Å²) in [6, 6.07) is 7.79. The number of aliphatic hydroxyl groups is 1. The highest BCUT2D eigenvalue weighted by Gasteiger charge is 2.46. The summed E-state index contributed by atoms with van der Waals surface area (Å²) in [7, 11) is 1.66. The number of piperidine rings is 1. The van der Waals surface area contributed by atoms with E-state index in [4.69, 9.17) is 4.74 Å². The van der Waals surface area contributed by atoms with E-state index in [1.54, 1.807) is 7.11 Å². The van der Waals surface area contributed by atoms with Gasteiger partial charge in [0.25, 0.3) is 0 Å². The molecule has 2 aromatic rings. The summed E-state index contributed by atoms with van der Waals surface area (Å²) in [6.45, 7) is 4.92. The molecule has 1 aliphatic heterocycles. The first kappa shape index (κ1) is 18.4. The highest BCUT2D eigenvalue weighted by atomic mass is 16.5. The van der Waals surface area contributed by atoms with Gasteiger partial charge in [0.2, 0.25) is 0 Å². The molecule has 2 atom stereocenters. The molecule has 1 N–H and O–H groups in total. The van der Waals surface area contributed by atoms with Gasteiger partial charge in [-0.25, -0.2) is 9.97 Å². The molecule has 1 saturated carbocycles. The molecule has 5 heteroatoms. The quantitative estimate of drug-likeness (QED) is 0.876. The summed E-state index contributed by atoms with van der Waals surface area (Å²) in [5, 5.41) is 11.1. The van der Waals surface area contributed by atoms with Crippen LogP contribution in [0.1, 0.15) is 38.2 Å². The van der Waals surface area contributed by atoms with E-state index in [2.05, 4.69) is 21.8 Å². The van der Waals surface area contributed by atoms with Crippen molar-refractivity contribution in [1.29, 1.82) is 0 Å². The van der Waals surface area contributed by atoms with Crippen molar-refractivity contribution < 1.29 is 9.84 Å².